The van der Waals surface area contributed by atoms with Gasteiger partial charge in [0, 0.05) is 18.3 Å². The lowest BCUT2D eigenvalue weighted by molar-refractivity contribution is -0.122. The molecule has 2 atom stereocenters. The minimum atomic E-state index is -0.301. The first kappa shape index (κ1) is 15.8. The van der Waals surface area contributed by atoms with Gasteiger partial charge in [0.05, 0.1) is 24.5 Å². The minimum Gasteiger partial charge on any atom is -0.376 e. The van der Waals surface area contributed by atoms with Crippen LogP contribution in [-0.2, 0) is 16.1 Å². The molecule has 2 rings (SSSR count). The van der Waals surface area contributed by atoms with Crippen LogP contribution >= 0.6 is 0 Å². The van der Waals surface area contributed by atoms with Crippen LogP contribution in [0.2, 0.25) is 0 Å². The second-order valence-electron chi connectivity index (χ2n) is 6.69. The van der Waals surface area contributed by atoms with Gasteiger partial charge in [0.15, 0.2) is 0 Å². The lowest BCUT2D eigenvalue weighted by atomic mass is 10.1. The number of rotatable bonds is 5. The third-order valence-corrected chi connectivity index (χ3v) is 3.32. The van der Waals surface area contributed by atoms with E-state index < -0.39 is 0 Å². The van der Waals surface area contributed by atoms with E-state index in [0.29, 0.717) is 0 Å². The second-order valence-corrected chi connectivity index (χ2v) is 6.69. The van der Waals surface area contributed by atoms with Crippen LogP contribution in [0.3, 0.4) is 0 Å². The highest BCUT2D eigenvalue weighted by Gasteiger charge is 2.20. The van der Waals surface area contributed by atoms with Crippen LogP contribution in [0.4, 0.5) is 5.69 Å². The number of carbonyl (C=O) groups is 1. The lowest BCUT2D eigenvalue weighted by Crippen LogP contribution is -2.47. The van der Waals surface area contributed by atoms with Gasteiger partial charge in [-0.05, 0) is 40.5 Å². The van der Waals surface area contributed by atoms with E-state index in [4.69, 9.17) is 4.74 Å². The highest BCUT2D eigenvalue weighted by Crippen LogP contribution is 2.15. The zero-order valence-corrected chi connectivity index (χ0v) is 13.3. The van der Waals surface area contributed by atoms with Crippen LogP contribution < -0.4 is 10.6 Å². The fraction of sp³-hybridized carbons (Fsp3) is 0.733. The number of hydrogen-bond donors (Lipinski definition) is 2. The van der Waals surface area contributed by atoms with E-state index in [1.54, 1.807) is 6.20 Å². The fourth-order valence-corrected chi connectivity index (χ4v) is 2.33. The molecular weight excluding hydrogens is 268 g/mol. The number of carbonyl (C=O) groups excluding carboxylic acids is 1. The van der Waals surface area contributed by atoms with E-state index in [9.17, 15) is 4.79 Å². The molecule has 118 valence electrons. The maximum Gasteiger partial charge on any atom is 0.242 e. The van der Waals surface area contributed by atoms with Crippen molar-refractivity contribution >= 4 is 11.6 Å². The summed E-state index contributed by atoms with van der Waals surface area (Å²) in [6.45, 7) is 9.37. The van der Waals surface area contributed by atoms with E-state index in [1.165, 1.54) is 0 Å². The van der Waals surface area contributed by atoms with E-state index in [0.717, 1.165) is 31.7 Å². The van der Waals surface area contributed by atoms with E-state index in [-0.39, 0.29) is 23.6 Å². The molecule has 6 nitrogen and oxygen atoms in total. The van der Waals surface area contributed by atoms with Crippen LogP contribution in [-0.4, -0.2) is 40.0 Å². The molecule has 21 heavy (non-hydrogen) atoms. The number of nitrogens with one attached hydrogen (secondary N) is 2. The predicted octanol–water partition coefficient (Wildman–Crippen LogP) is 1.78. The quantitative estimate of drug-likeness (QED) is 0.868. The Kier molecular flexibility index (Phi) is 4.88. The standard InChI is InChI=1S/C15H26N4O2/c1-11(14(20)18-15(2,3)4)17-12-8-16-19(9-12)10-13-6-5-7-21-13/h8-9,11,13,17H,5-7,10H2,1-4H3,(H,18,20). The van der Waals surface area contributed by atoms with Crippen molar-refractivity contribution in [2.45, 2.75) is 64.8 Å². The third kappa shape index (κ3) is 5.04. The summed E-state index contributed by atoms with van der Waals surface area (Å²) in [6, 6.07) is -0.301. The molecule has 0 spiro atoms. The van der Waals surface area contributed by atoms with Gasteiger partial charge in [0.25, 0.3) is 0 Å². The van der Waals surface area contributed by atoms with Crippen LogP contribution in [0.1, 0.15) is 40.5 Å². The molecule has 1 aliphatic rings. The Hall–Kier alpha value is -1.56. The third-order valence-electron chi connectivity index (χ3n) is 3.32. The molecule has 1 aliphatic heterocycles. The molecule has 6 heteroatoms. The molecule has 2 N–H and O–H groups in total. The van der Waals surface area contributed by atoms with Gasteiger partial charge >= 0.3 is 0 Å². The number of hydrogen-bond acceptors (Lipinski definition) is 4. The van der Waals surface area contributed by atoms with E-state index in [2.05, 4.69) is 15.7 Å². The monoisotopic (exact) mass is 294 g/mol. The average Bonchev–Trinajstić information content (AvgIpc) is 2.99. The number of amides is 1. The Morgan fingerprint density at radius 1 is 1.57 bits per heavy atom. The molecule has 2 heterocycles. The summed E-state index contributed by atoms with van der Waals surface area (Å²) in [5.41, 5.74) is 0.626. The predicted molar refractivity (Wildman–Crippen MR) is 82.2 cm³/mol. The van der Waals surface area contributed by atoms with Crippen LogP contribution in [0.5, 0.6) is 0 Å². The van der Waals surface area contributed by atoms with Gasteiger partial charge in [0.1, 0.15) is 6.04 Å². The van der Waals surface area contributed by atoms with Crippen molar-refractivity contribution in [1.29, 1.82) is 0 Å². The van der Waals surface area contributed by atoms with Crippen molar-refractivity contribution in [2.24, 2.45) is 0 Å². The first-order valence-corrected chi connectivity index (χ1v) is 7.56. The van der Waals surface area contributed by atoms with Gasteiger partial charge < -0.3 is 15.4 Å². The van der Waals surface area contributed by atoms with Gasteiger partial charge in [-0.3, -0.25) is 9.48 Å². The highest BCUT2D eigenvalue weighted by atomic mass is 16.5. The van der Waals surface area contributed by atoms with E-state index in [1.807, 2.05) is 38.6 Å². The molecule has 0 aromatic carbocycles. The Morgan fingerprint density at radius 3 is 2.95 bits per heavy atom. The van der Waals surface area contributed by atoms with Crippen molar-refractivity contribution in [3.63, 3.8) is 0 Å². The zero-order chi connectivity index (χ0) is 15.5. The van der Waals surface area contributed by atoms with Gasteiger partial charge in [-0.25, -0.2) is 0 Å². The first-order valence-electron chi connectivity index (χ1n) is 7.56. The first-order chi connectivity index (χ1) is 9.83. The van der Waals surface area contributed by atoms with Gasteiger partial charge in [-0.1, -0.05) is 0 Å². The van der Waals surface area contributed by atoms with Crippen LogP contribution in [0.25, 0.3) is 0 Å². The smallest absolute Gasteiger partial charge is 0.242 e. The van der Waals surface area contributed by atoms with Gasteiger partial charge in [-0.2, -0.15) is 5.10 Å². The summed E-state index contributed by atoms with van der Waals surface area (Å²) in [5, 5.41) is 10.4. The van der Waals surface area contributed by atoms with Gasteiger partial charge in [-0.15, -0.1) is 0 Å². The zero-order valence-electron chi connectivity index (χ0n) is 13.3. The number of aromatic nitrogens is 2. The number of ether oxygens (including phenoxy) is 1. The summed E-state index contributed by atoms with van der Waals surface area (Å²) < 4.78 is 7.46. The summed E-state index contributed by atoms with van der Waals surface area (Å²) in [4.78, 5) is 12.0. The normalized spacial score (nSPS) is 20.3. The van der Waals surface area contributed by atoms with Crippen LogP contribution in [0, 0.1) is 0 Å². The molecule has 0 bridgehead atoms. The molecule has 1 aromatic rings. The Bertz CT molecular complexity index is 472. The molecule has 0 saturated carbocycles. The molecule has 0 radical (unpaired) electrons. The Balaban J connectivity index is 1.85. The maximum absolute atomic E-state index is 12.0. The number of nitrogens with zero attached hydrogens (tertiary/aromatic N) is 2. The number of anilines is 1. The molecule has 1 saturated heterocycles. The van der Waals surface area contributed by atoms with Crippen molar-refractivity contribution in [1.82, 2.24) is 15.1 Å². The molecule has 1 aromatic heterocycles. The highest BCUT2D eigenvalue weighted by molar-refractivity contribution is 5.84. The molecule has 1 fully saturated rings. The van der Waals surface area contributed by atoms with Crippen molar-refractivity contribution in [3.8, 4) is 0 Å². The SMILES string of the molecule is CC(Nc1cnn(CC2CCCO2)c1)C(=O)NC(C)(C)C. The molecule has 0 aliphatic carbocycles. The van der Waals surface area contributed by atoms with Crippen molar-refractivity contribution in [3.05, 3.63) is 12.4 Å². The Morgan fingerprint density at radius 2 is 2.33 bits per heavy atom. The van der Waals surface area contributed by atoms with Crippen molar-refractivity contribution in [2.75, 3.05) is 11.9 Å². The van der Waals surface area contributed by atoms with Gasteiger partial charge in [0.2, 0.25) is 5.91 Å². The Labute approximate surface area is 126 Å². The van der Waals surface area contributed by atoms with Crippen molar-refractivity contribution < 1.29 is 9.53 Å². The summed E-state index contributed by atoms with van der Waals surface area (Å²) in [5.74, 6) is -0.0191. The summed E-state index contributed by atoms with van der Waals surface area (Å²) in [7, 11) is 0. The topological polar surface area (TPSA) is 68.2 Å². The molecule has 1 amide bonds. The average molecular weight is 294 g/mol. The van der Waals surface area contributed by atoms with Crippen LogP contribution in [0.15, 0.2) is 12.4 Å². The second kappa shape index (κ2) is 6.47. The lowest BCUT2D eigenvalue weighted by Gasteiger charge is -2.23. The summed E-state index contributed by atoms with van der Waals surface area (Å²) >= 11 is 0. The fourth-order valence-electron chi connectivity index (χ4n) is 2.33. The summed E-state index contributed by atoms with van der Waals surface area (Å²) in [6.07, 6.45) is 6.14. The minimum absolute atomic E-state index is 0.0191. The molecular formula is C15H26N4O2. The van der Waals surface area contributed by atoms with E-state index >= 15 is 0 Å². The maximum atomic E-state index is 12.0. The molecule has 2 unspecified atom stereocenters. The largest absolute Gasteiger partial charge is 0.376 e.